The van der Waals surface area contributed by atoms with Crippen molar-refractivity contribution in [2.45, 2.75) is 399 Å². The smallest absolute Gasteiger partial charge is 0.306 e. The van der Waals surface area contributed by atoms with Crippen LogP contribution in [0.1, 0.15) is 393 Å². The zero-order valence-electron chi connectivity index (χ0n) is 55.7. The second-order valence-electron chi connectivity index (χ2n) is 24.8. The molecule has 0 saturated carbocycles. The van der Waals surface area contributed by atoms with Gasteiger partial charge in [-0.15, -0.1) is 0 Å². The van der Waals surface area contributed by atoms with Gasteiger partial charge in [0.2, 0.25) is 0 Å². The molecule has 0 aromatic carbocycles. The van der Waals surface area contributed by atoms with Crippen molar-refractivity contribution in [3.8, 4) is 0 Å². The summed E-state index contributed by atoms with van der Waals surface area (Å²) in [6.45, 7) is 6.55. The molecular formula is C77H140O6. The van der Waals surface area contributed by atoms with Gasteiger partial charge >= 0.3 is 17.9 Å². The van der Waals surface area contributed by atoms with Gasteiger partial charge in [0, 0.05) is 19.3 Å². The maximum atomic E-state index is 12.9. The Kier molecular flexibility index (Phi) is 69.1. The molecule has 1 unspecified atom stereocenters. The SMILES string of the molecule is CC/C=C\C/C=C\C/C=C\C/C=C\C/C=C\CCCCCCCCCCCCCCCC(=O)OCC(COC(=O)CCCCCCCCC)OC(=O)CCCCCCCCCCCCCCCCCCCCCCCCCCCCCCC. The Labute approximate surface area is 517 Å². The van der Waals surface area contributed by atoms with Crippen LogP contribution in [0.5, 0.6) is 0 Å². The summed E-state index contributed by atoms with van der Waals surface area (Å²) in [5.41, 5.74) is 0. The summed E-state index contributed by atoms with van der Waals surface area (Å²) < 4.78 is 16.9. The molecule has 0 aliphatic rings. The van der Waals surface area contributed by atoms with E-state index in [9.17, 15) is 14.4 Å². The van der Waals surface area contributed by atoms with Gasteiger partial charge in [0.15, 0.2) is 6.10 Å². The zero-order valence-corrected chi connectivity index (χ0v) is 55.7. The number of ether oxygens (including phenoxy) is 3. The molecule has 0 spiro atoms. The molecule has 0 aliphatic heterocycles. The standard InChI is InChI=1S/C77H140O6/c1-4-7-10-13-16-18-20-22-24-26-28-30-32-34-36-38-40-42-44-46-48-50-52-54-56-58-61-64-67-70-76(79)82-73-74(72-81-75(78)69-66-63-60-15-12-9-6-3)83-77(80)71-68-65-62-59-57-55-53-51-49-47-45-43-41-39-37-35-33-31-29-27-25-23-21-19-17-14-11-8-5-2/h7,10,16,18,22,24,28,30,34,36,74H,4-6,8-9,11-15,17,19-21,23,25-27,29,31-33,35,37-73H2,1-3H3/b10-7-,18-16-,24-22-,30-28-,36-34-. The van der Waals surface area contributed by atoms with E-state index in [1.165, 1.54) is 263 Å². The van der Waals surface area contributed by atoms with Crippen LogP contribution in [0, 0.1) is 0 Å². The van der Waals surface area contributed by atoms with Crippen molar-refractivity contribution >= 4 is 17.9 Å². The minimum Gasteiger partial charge on any atom is -0.462 e. The lowest BCUT2D eigenvalue weighted by Gasteiger charge is -2.18. The summed E-state index contributed by atoms with van der Waals surface area (Å²) >= 11 is 0. The zero-order chi connectivity index (χ0) is 59.9. The highest BCUT2D eigenvalue weighted by Crippen LogP contribution is 2.19. The van der Waals surface area contributed by atoms with Crippen molar-refractivity contribution < 1.29 is 28.6 Å². The summed E-state index contributed by atoms with van der Waals surface area (Å²) in [4.78, 5) is 38.2. The predicted octanol–water partition coefficient (Wildman–Crippen LogP) is 25.5. The lowest BCUT2D eigenvalue weighted by Crippen LogP contribution is -2.30. The minimum absolute atomic E-state index is 0.0691. The van der Waals surface area contributed by atoms with Crippen molar-refractivity contribution in [1.29, 1.82) is 0 Å². The third-order valence-electron chi connectivity index (χ3n) is 16.5. The summed E-state index contributed by atoms with van der Waals surface area (Å²) in [6.07, 6.45) is 93.0. The van der Waals surface area contributed by atoms with Gasteiger partial charge < -0.3 is 14.2 Å². The Morgan fingerprint density at radius 3 is 0.735 bits per heavy atom. The summed E-state index contributed by atoms with van der Waals surface area (Å²) in [7, 11) is 0. The van der Waals surface area contributed by atoms with Gasteiger partial charge in [-0.05, 0) is 64.2 Å². The van der Waals surface area contributed by atoms with Gasteiger partial charge in [-0.3, -0.25) is 14.4 Å². The number of rotatable bonds is 68. The summed E-state index contributed by atoms with van der Waals surface area (Å²) in [6, 6.07) is 0. The molecule has 0 amide bonds. The van der Waals surface area contributed by atoms with Crippen LogP contribution in [0.3, 0.4) is 0 Å². The lowest BCUT2D eigenvalue weighted by molar-refractivity contribution is -0.167. The average Bonchev–Trinajstić information content (AvgIpc) is 3.49. The Bertz CT molecular complexity index is 1470. The molecule has 0 bridgehead atoms. The third kappa shape index (κ3) is 69.8. The molecule has 0 N–H and O–H groups in total. The Morgan fingerprint density at radius 2 is 0.470 bits per heavy atom. The van der Waals surface area contributed by atoms with Gasteiger partial charge in [0.05, 0.1) is 0 Å². The van der Waals surface area contributed by atoms with E-state index in [-0.39, 0.29) is 31.1 Å². The summed E-state index contributed by atoms with van der Waals surface area (Å²) in [5, 5.41) is 0. The van der Waals surface area contributed by atoms with Crippen LogP contribution in [-0.4, -0.2) is 37.2 Å². The molecule has 0 fully saturated rings. The first kappa shape index (κ1) is 80.1. The molecule has 484 valence electrons. The maximum absolute atomic E-state index is 12.9. The molecule has 6 nitrogen and oxygen atoms in total. The molecular weight excluding hydrogens is 1020 g/mol. The molecule has 0 aromatic rings. The van der Waals surface area contributed by atoms with Gasteiger partial charge in [0.25, 0.3) is 0 Å². The quantitative estimate of drug-likeness (QED) is 0.0261. The van der Waals surface area contributed by atoms with Crippen LogP contribution in [-0.2, 0) is 28.6 Å². The van der Waals surface area contributed by atoms with Crippen LogP contribution in [0.2, 0.25) is 0 Å². The van der Waals surface area contributed by atoms with E-state index in [0.29, 0.717) is 19.3 Å². The fourth-order valence-electron chi connectivity index (χ4n) is 11.1. The monoisotopic (exact) mass is 1160 g/mol. The Balaban J connectivity index is 4.01. The molecule has 6 heteroatoms. The largest absolute Gasteiger partial charge is 0.462 e. The van der Waals surface area contributed by atoms with Gasteiger partial charge in [-0.25, -0.2) is 0 Å². The Morgan fingerprint density at radius 1 is 0.253 bits per heavy atom. The fraction of sp³-hybridized carbons (Fsp3) is 0.831. The van der Waals surface area contributed by atoms with E-state index in [1.54, 1.807) is 0 Å². The predicted molar refractivity (Wildman–Crippen MR) is 362 cm³/mol. The number of esters is 3. The number of carbonyl (C=O) groups excluding carboxylic acids is 3. The fourth-order valence-corrected chi connectivity index (χ4v) is 11.1. The first-order valence-electron chi connectivity index (χ1n) is 36.8. The highest BCUT2D eigenvalue weighted by atomic mass is 16.6. The number of allylic oxidation sites excluding steroid dienone is 10. The molecule has 1 atom stereocenters. The normalized spacial score (nSPS) is 12.4. The van der Waals surface area contributed by atoms with Crippen LogP contribution in [0.15, 0.2) is 60.8 Å². The van der Waals surface area contributed by atoms with E-state index in [0.717, 1.165) is 89.9 Å². The topological polar surface area (TPSA) is 78.9 Å². The number of hydrogen-bond acceptors (Lipinski definition) is 6. The first-order chi connectivity index (χ1) is 41.0. The highest BCUT2D eigenvalue weighted by Gasteiger charge is 2.19. The molecule has 0 saturated heterocycles. The highest BCUT2D eigenvalue weighted by molar-refractivity contribution is 5.71. The molecule has 83 heavy (non-hydrogen) atoms. The second-order valence-corrected chi connectivity index (χ2v) is 24.8. The van der Waals surface area contributed by atoms with Crippen molar-refractivity contribution in [3.05, 3.63) is 60.8 Å². The molecule has 0 heterocycles. The van der Waals surface area contributed by atoms with Crippen molar-refractivity contribution in [2.24, 2.45) is 0 Å². The van der Waals surface area contributed by atoms with E-state index in [4.69, 9.17) is 14.2 Å². The van der Waals surface area contributed by atoms with E-state index >= 15 is 0 Å². The molecule has 0 radical (unpaired) electrons. The maximum Gasteiger partial charge on any atom is 0.306 e. The third-order valence-corrected chi connectivity index (χ3v) is 16.5. The number of unbranched alkanes of at least 4 members (excludes halogenated alkanes) is 47. The van der Waals surface area contributed by atoms with E-state index < -0.39 is 6.10 Å². The van der Waals surface area contributed by atoms with E-state index in [2.05, 4.69) is 81.5 Å². The number of hydrogen-bond donors (Lipinski definition) is 0. The van der Waals surface area contributed by atoms with Crippen LogP contribution in [0.25, 0.3) is 0 Å². The van der Waals surface area contributed by atoms with Gasteiger partial charge in [-0.1, -0.05) is 370 Å². The Hall–Kier alpha value is -2.89. The molecule has 0 rings (SSSR count). The summed E-state index contributed by atoms with van der Waals surface area (Å²) in [5.74, 6) is -0.852. The second kappa shape index (κ2) is 71.6. The van der Waals surface area contributed by atoms with Crippen LogP contribution in [0.4, 0.5) is 0 Å². The van der Waals surface area contributed by atoms with Gasteiger partial charge in [0.1, 0.15) is 13.2 Å². The lowest BCUT2D eigenvalue weighted by atomic mass is 10.0. The van der Waals surface area contributed by atoms with E-state index in [1.807, 2.05) is 0 Å². The van der Waals surface area contributed by atoms with Crippen molar-refractivity contribution in [1.82, 2.24) is 0 Å². The first-order valence-corrected chi connectivity index (χ1v) is 36.8. The average molecular weight is 1160 g/mol. The van der Waals surface area contributed by atoms with Crippen LogP contribution < -0.4 is 0 Å². The van der Waals surface area contributed by atoms with Crippen LogP contribution >= 0.6 is 0 Å². The minimum atomic E-state index is -0.770. The van der Waals surface area contributed by atoms with Crippen molar-refractivity contribution in [2.75, 3.05) is 13.2 Å². The number of carbonyl (C=O) groups is 3. The molecule has 0 aliphatic carbocycles. The van der Waals surface area contributed by atoms with Crippen molar-refractivity contribution in [3.63, 3.8) is 0 Å². The van der Waals surface area contributed by atoms with Gasteiger partial charge in [-0.2, -0.15) is 0 Å². The molecule has 0 aromatic heterocycles.